The lowest BCUT2D eigenvalue weighted by atomic mass is 9.88. The van der Waals surface area contributed by atoms with Gasteiger partial charge in [-0.2, -0.15) is 0 Å². The molecule has 0 atom stereocenters. The van der Waals surface area contributed by atoms with E-state index in [-0.39, 0.29) is 12.4 Å². The third-order valence-corrected chi connectivity index (χ3v) is 5.48. The van der Waals surface area contributed by atoms with Crippen LogP contribution in [0.2, 0.25) is 0 Å². The number of halogens is 1. The monoisotopic (exact) mass is 407 g/mol. The first-order chi connectivity index (χ1) is 14.3. The molecule has 1 nitrogen and oxygen atoms in total. The first-order valence-corrected chi connectivity index (χ1v) is 9.96. The zero-order valence-corrected chi connectivity index (χ0v) is 17.5. The molecule has 0 amide bonds. The molecule has 0 saturated heterocycles. The molecule has 146 valence electrons. The standard InChI is InChI=1S/C28H21N.ClH/c1-20-13-15-21(16-14-20)28-26-11-4-2-9-23(26)25(24-10-3-5-12-27(24)28)18-17-22-8-6-7-19-29-22;/h2-19H,1H3;1H/b18-17+;. The molecule has 2 heteroatoms. The van der Waals surface area contributed by atoms with Crippen LogP contribution in [-0.4, -0.2) is 0 Å². The van der Waals surface area contributed by atoms with Crippen molar-refractivity contribution in [2.75, 3.05) is 0 Å². The van der Waals surface area contributed by atoms with Gasteiger partial charge in [0.25, 0.3) is 0 Å². The van der Waals surface area contributed by atoms with E-state index in [0.717, 1.165) is 5.69 Å². The number of aryl methyl sites for hydroxylation is 1. The number of pyridine rings is 1. The van der Waals surface area contributed by atoms with Crippen LogP contribution in [0.1, 0.15) is 16.8 Å². The molecule has 0 aliphatic carbocycles. The first-order valence-electron chi connectivity index (χ1n) is 9.96. The van der Waals surface area contributed by atoms with Gasteiger partial charge in [0.1, 0.15) is 0 Å². The van der Waals surface area contributed by atoms with E-state index in [2.05, 4.69) is 103 Å². The Morgan fingerprint density at radius 2 is 1.17 bits per heavy atom. The smallest absolute Gasteiger partial charge is 0.203 e. The summed E-state index contributed by atoms with van der Waals surface area (Å²) in [5.74, 6) is 0. The quantitative estimate of drug-likeness (QED) is 0.402. The minimum atomic E-state index is 0. The fourth-order valence-corrected chi connectivity index (χ4v) is 4.06. The van der Waals surface area contributed by atoms with Crippen molar-refractivity contribution in [1.29, 1.82) is 0 Å². The molecule has 0 bridgehead atoms. The van der Waals surface area contributed by atoms with Crippen LogP contribution >= 0.6 is 0 Å². The molecule has 0 aliphatic heterocycles. The van der Waals surface area contributed by atoms with Crippen LogP contribution in [0.5, 0.6) is 0 Å². The van der Waals surface area contributed by atoms with Crippen molar-refractivity contribution in [3.63, 3.8) is 0 Å². The molecule has 0 radical (unpaired) electrons. The van der Waals surface area contributed by atoms with Crippen LogP contribution in [0.25, 0.3) is 44.8 Å². The Morgan fingerprint density at radius 3 is 1.73 bits per heavy atom. The Bertz CT molecular complexity index is 1280. The Balaban J connectivity index is 0.00000218. The van der Waals surface area contributed by atoms with Crippen molar-refractivity contribution in [2.45, 2.75) is 6.92 Å². The second-order valence-electron chi connectivity index (χ2n) is 7.40. The number of benzene rings is 4. The zero-order valence-electron chi connectivity index (χ0n) is 16.8. The van der Waals surface area contributed by atoms with Gasteiger partial charge in [-0.1, -0.05) is 78.4 Å². The zero-order chi connectivity index (χ0) is 19.6. The Labute approximate surface area is 183 Å². The Kier molecular flexibility index (Phi) is 5.65. The van der Waals surface area contributed by atoms with E-state index < -0.39 is 0 Å². The van der Waals surface area contributed by atoms with Crippen LogP contribution in [0, 0.1) is 6.92 Å². The maximum Gasteiger partial charge on any atom is 0.203 e. The van der Waals surface area contributed by atoms with E-state index in [1.165, 1.54) is 43.8 Å². The molecule has 1 aromatic heterocycles. The maximum absolute atomic E-state index is 3.29. The van der Waals surface area contributed by atoms with Crippen molar-refractivity contribution in [3.05, 3.63) is 114 Å². The highest BCUT2D eigenvalue weighted by Gasteiger charge is 2.13. The van der Waals surface area contributed by atoms with Gasteiger partial charge in [0, 0.05) is 18.2 Å². The fourth-order valence-electron chi connectivity index (χ4n) is 4.06. The molecule has 1 N–H and O–H groups in total. The normalized spacial score (nSPS) is 11.1. The topological polar surface area (TPSA) is 14.1 Å². The molecule has 0 fully saturated rings. The molecule has 4 aromatic carbocycles. The molecule has 0 unspecified atom stereocenters. The summed E-state index contributed by atoms with van der Waals surface area (Å²) in [5.41, 5.74) is 6.18. The average Bonchev–Trinajstić information content (AvgIpc) is 2.78. The minimum Gasteiger partial charge on any atom is -1.00 e. The third-order valence-electron chi connectivity index (χ3n) is 5.48. The summed E-state index contributed by atoms with van der Waals surface area (Å²) < 4.78 is 0. The highest BCUT2D eigenvalue weighted by molar-refractivity contribution is 6.17. The Morgan fingerprint density at radius 1 is 0.600 bits per heavy atom. The van der Waals surface area contributed by atoms with Gasteiger partial charge < -0.3 is 12.4 Å². The van der Waals surface area contributed by atoms with Gasteiger partial charge >= 0.3 is 0 Å². The predicted octanol–water partition coefficient (Wildman–Crippen LogP) is 3.96. The van der Waals surface area contributed by atoms with Crippen LogP contribution in [0.3, 0.4) is 0 Å². The molecule has 0 spiro atoms. The number of hydrogen-bond acceptors (Lipinski definition) is 0. The lowest BCUT2D eigenvalue weighted by Gasteiger charge is -2.15. The van der Waals surface area contributed by atoms with Gasteiger partial charge in [-0.3, -0.25) is 0 Å². The highest BCUT2D eigenvalue weighted by Crippen LogP contribution is 2.39. The van der Waals surface area contributed by atoms with E-state index >= 15 is 0 Å². The van der Waals surface area contributed by atoms with Crippen molar-refractivity contribution in [1.82, 2.24) is 0 Å². The predicted molar refractivity (Wildman–Crippen MR) is 124 cm³/mol. The summed E-state index contributed by atoms with van der Waals surface area (Å²) in [6.07, 6.45) is 6.34. The van der Waals surface area contributed by atoms with Gasteiger partial charge in [-0.15, -0.1) is 0 Å². The lowest BCUT2D eigenvalue weighted by Crippen LogP contribution is -3.00. The van der Waals surface area contributed by atoms with Crippen LogP contribution in [0.15, 0.2) is 97.2 Å². The molecule has 5 aromatic rings. The van der Waals surface area contributed by atoms with E-state index in [1.54, 1.807) is 0 Å². The van der Waals surface area contributed by atoms with Crippen LogP contribution < -0.4 is 17.4 Å². The van der Waals surface area contributed by atoms with Crippen molar-refractivity contribution < 1.29 is 17.4 Å². The lowest BCUT2D eigenvalue weighted by molar-refractivity contribution is -0.380. The average molecular weight is 408 g/mol. The SMILES string of the molecule is Cc1ccc(-c2c3ccccc3c(/C=C/c3cccc[nH+]3)c3ccccc23)cc1.[Cl-]. The van der Waals surface area contributed by atoms with Crippen LogP contribution in [-0.2, 0) is 0 Å². The summed E-state index contributed by atoms with van der Waals surface area (Å²) in [6, 6.07) is 32.4. The van der Waals surface area contributed by atoms with Crippen molar-refractivity contribution in [2.24, 2.45) is 0 Å². The van der Waals surface area contributed by atoms with Crippen LogP contribution in [0.4, 0.5) is 0 Å². The van der Waals surface area contributed by atoms with E-state index in [9.17, 15) is 0 Å². The fraction of sp³-hybridized carbons (Fsp3) is 0.0357. The number of rotatable bonds is 3. The maximum atomic E-state index is 3.29. The van der Waals surface area contributed by atoms with Gasteiger partial charge in [0.15, 0.2) is 6.20 Å². The molecule has 0 aliphatic rings. The molecule has 1 heterocycles. The van der Waals surface area contributed by atoms with Gasteiger partial charge in [0.05, 0.1) is 0 Å². The number of fused-ring (bicyclic) bond motifs is 2. The van der Waals surface area contributed by atoms with Crippen molar-refractivity contribution >= 4 is 33.7 Å². The number of aromatic amines is 1. The summed E-state index contributed by atoms with van der Waals surface area (Å²) in [5, 5.41) is 5.11. The first kappa shape index (κ1) is 19.9. The van der Waals surface area contributed by atoms with Gasteiger partial charge in [-0.05, 0) is 57.3 Å². The number of H-pyrrole nitrogens is 1. The van der Waals surface area contributed by atoms with E-state index in [4.69, 9.17) is 0 Å². The minimum absolute atomic E-state index is 0. The number of nitrogens with one attached hydrogen (secondary N) is 1. The largest absolute Gasteiger partial charge is 1.00 e. The van der Waals surface area contributed by atoms with E-state index in [0.29, 0.717) is 0 Å². The highest BCUT2D eigenvalue weighted by atomic mass is 35.5. The summed E-state index contributed by atoms with van der Waals surface area (Å²) in [4.78, 5) is 3.29. The van der Waals surface area contributed by atoms with Gasteiger partial charge in [-0.25, -0.2) is 4.98 Å². The molecule has 30 heavy (non-hydrogen) atoms. The summed E-state index contributed by atoms with van der Waals surface area (Å²) in [7, 11) is 0. The second kappa shape index (κ2) is 8.52. The Hall–Kier alpha value is -3.42. The second-order valence-corrected chi connectivity index (χ2v) is 7.40. The van der Waals surface area contributed by atoms with Crippen molar-refractivity contribution in [3.8, 4) is 11.1 Å². The third kappa shape index (κ3) is 3.60. The number of hydrogen-bond donors (Lipinski definition) is 0. The summed E-state index contributed by atoms with van der Waals surface area (Å²) in [6.45, 7) is 2.13. The van der Waals surface area contributed by atoms with Gasteiger partial charge in [0.2, 0.25) is 5.69 Å². The molecule has 0 saturated carbocycles. The summed E-state index contributed by atoms with van der Waals surface area (Å²) >= 11 is 0. The molecular weight excluding hydrogens is 386 g/mol. The van der Waals surface area contributed by atoms with E-state index in [1.807, 2.05) is 18.3 Å². The number of aromatic nitrogens is 1. The molecular formula is C28H22ClN. The molecule has 5 rings (SSSR count).